The summed E-state index contributed by atoms with van der Waals surface area (Å²) in [5.74, 6) is -0.211. The van der Waals surface area contributed by atoms with Crippen LogP contribution < -0.4 is 0 Å². The molecule has 2 atom stereocenters. The van der Waals surface area contributed by atoms with Crippen LogP contribution in [0.1, 0.15) is 44.2 Å². The Balaban J connectivity index is 1.51. The monoisotopic (exact) mass is 398 g/mol. The molecule has 154 valence electrons. The molecular weight excluding hydrogens is 373 g/mol. The average Bonchev–Trinajstić information content (AvgIpc) is 3.40. The maximum absolute atomic E-state index is 12.7. The smallest absolute Gasteiger partial charge is 0.416 e. The minimum absolute atomic E-state index is 0.00809. The van der Waals surface area contributed by atoms with Gasteiger partial charge in [-0.2, -0.15) is 13.2 Å². The van der Waals surface area contributed by atoms with Crippen molar-refractivity contribution in [2.24, 2.45) is 5.92 Å². The maximum Gasteiger partial charge on any atom is 0.416 e. The Hall–Kier alpha value is -2.25. The summed E-state index contributed by atoms with van der Waals surface area (Å²) >= 11 is 0. The van der Waals surface area contributed by atoms with Gasteiger partial charge in [0.25, 0.3) is 0 Å². The van der Waals surface area contributed by atoms with Crippen LogP contribution in [0.3, 0.4) is 0 Å². The molecule has 2 unspecified atom stereocenters. The van der Waals surface area contributed by atoms with E-state index in [1.807, 2.05) is 0 Å². The minimum Gasteiger partial charge on any atom is -0.444 e. The molecule has 0 N–H and O–H groups in total. The summed E-state index contributed by atoms with van der Waals surface area (Å²) in [6.45, 7) is 7.12. The standard InChI is InChI=1S/C20H25F3N2O3/c1-19(2,3)28-18(27)25-10-8-24(9-11-25)17(26)16-12-15(16)13-4-6-14(7-5-13)20(21,22)23/h4-7,15-16H,8-12H2,1-3H3. The third kappa shape index (κ3) is 4.77. The summed E-state index contributed by atoms with van der Waals surface area (Å²) < 4.78 is 43.3. The zero-order valence-corrected chi connectivity index (χ0v) is 16.3. The van der Waals surface area contributed by atoms with E-state index in [1.165, 1.54) is 12.1 Å². The summed E-state index contributed by atoms with van der Waals surface area (Å²) in [4.78, 5) is 28.1. The Morgan fingerprint density at radius 1 is 0.964 bits per heavy atom. The van der Waals surface area contributed by atoms with E-state index in [0.29, 0.717) is 32.6 Å². The van der Waals surface area contributed by atoms with E-state index < -0.39 is 17.3 Å². The lowest BCUT2D eigenvalue weighted by atomic mass is 10.1. The van der Waals surface area contributed by atoms with Crippen LogP contribution >= 0.6 is 0 Å². The van der Waals surface area contributed by atoms with Crippen LogP contribution in [0, 0.1) is 5.92 Å². The Labute approximate surface area is 162 Å². The molecule has 0 spiro atoms. The Kier molecular flexibility index (Phi) is 5.34. The molecule has 1 aromatic rings. The molecule has 1 aliphatic heterocycles. The first-order chi connectivity index (χ1) is 13.0. The van der Waals surface area contributed by atoms with E-state index >= 15 is 0 Å². The van der Waals surface area contributed by atoms with Crippen LogP contribution in [0.4, 0.5) is 18.0 Å². The van der Waals surface area contributed by atoms with Crippen molar-refractivity contribution in [1.82, 2.24) is 9.80 Å². The van der Waals surface area contributed by atoms with Crippen LogP contribution in [-0.2, 0) is 15.7 Å². The van der Waals surface area contributed by atoms with Crippen molar-refractivity contribution >= 4 is 12.0 Å². The zero-order valence-electron chi connectivity index (χ0n) is 16.3. The van der Waals surface area contributed by atoms with Crippen LogP contribution in [-0.4, -0.2) is 53.6 Å². The van der Waals surface area contributed by atoms with Crippen LogP contribution in [0.15, 0.2) is 24.3 Å². The molecule has 5 nitrogen and oxygen atoms in total. The topological polar surface area (TPSA) is 49.9 Å². The van der Waals surface area contributed by atoms with Gasteiger partial charge in [-0.15, -0.1) is 0 Å². The molecule has 1 saturated carbocycles. The third-order valence-corrected chi connectivity index (χ3v) is 5.02. The molecule has 28 heavy (non-hydrogen) atoms. The molecule has 0 bridgehead atoms. The van der Waals surface area contributed by atoms with E-state index in [-0.39, 0.29) is 23.8 Å². The number of amides is 2. The molecule has 1 saturated heterocycles. The molecule has 8 heteroatoms. The van der Waals surface area contributed by atoms with Crippen molar-refractivity contribution in [3.63, 3.8) is 0 Å². The van der Waals surface area contributed by atoms with Crippen LogP contribution in [0.2, 0.25) is 0 Å². The Bertz CT molecular complexity index is 733. The number of piperazine rings is 1. The minimum atomic E-state index is -4.36. The maximum atomic E-state index is 12.7. The highest BCUT2D eigenvalue weighted by molar-refractivity contribution is 5.83. The van der Waals surface area contributed by atoms with Gasteiger partial charge in [-0.1, -0.05) is 12.1 Å². The number of carbonyl (C=O) groups is 2. The van der Waals surface area contributed by atoms with Gasteiger partial charge in [0.15, 0.2) is 0 Å². The van der Waals surface area contributed by atoms with Gasteiger partial charge in [0.2, 0.25) is 5.91 Å². The third-order valence-electron chi connectivity index (χ3n) is 5.02. The van der Waals surface area contributed by atoms with E-state index in [1.54, 1.807) is 30.6 Å². The molecule has 2 amide bonds. The lowest BCUT2D eigenvalue weighted by molar-refractivity contribution is -0.137. The van der Waals surface area contributed by atoms with E-state index in [2.05, 4.69) is 0 Å². The largest absolute Gasteiger partial charge is 0.444 e. The predicted molar refractivity (Wildman–Crippen MR) is 96.7 cm³/mol. The summed E-state index contributed by atoms with van der Waals surface area (Å²) in [6, 6.07) is 5.05. The number of alkyl halides is 3. The van der Waals surface area contributed by atoms with E-state index in [9.17, 15) is 22.8 Å². The molecule has 0 radical (unpaired) electrons. The first-order valence-electron chi connectivity index (χ1n) is 9.39. The van der Waals surface area contributed by atoms with Crippen molar-refractivity contribution in [3.8, 4) is 0 Å². The molecule has 0 aromatic heterocycles. The highest BCUT2D eigenvalue weighted by Gasteiger charge is 2.46. The van der Waals surface area contributed by atoms with Crippen LogP contribution in [0.5, 0.6) is 0 Å². The molecule has 2 aliphatic rings. The summed E-state index contributed by atoms with van der Waals surface area (Å²) in [5.41, 5.74) is -0.482. The number of benzene rings is 1. The van der Waals surface area contributed by atoms with Gasteiger partial charge in [-0.05, 0) is 50.8 Å². The molecular formula is C20H25F3N2O3. The predicted octanol–water partition coefficient (Wildman–Crippen LogP) is 3.89. The van der Waals surface area contributed by atoms with Gasteiger partial charge >= 0.3 is 12.3 Å². The van der Waals surface area contributed by atoms with Gasteiger partial charge in [-0.25, -0.2) is 4.79 Å². The van der Waals surface area contributed by atoms with Crippen molar-refractivity contribution < 1.29 is 27.5 Å². The highest BCUT2D eigenvalue weighted by Crippen LogP contribution is 2.49. The highest BCUT2D eigenvalue weighted by atomic mass is 19.4. The first-order valence-corrected chi connectivity index (χ1v) is 9.39. The van der Waals surface area contributed by atoms with Crippen molar-refractivity contribution in [3.05, 3.63) is 35.4 Å². The number of rotatable bonds is 2. The number of hydrogen-bond acceptors (Lipinski definition) is 3. The van der Waals surface area contributed by atoms with Crippen molar-refractivity contribution in [1.29, 1.82) is 0 Å². The second kappa shape index (κ2) is 7.29. The average molecular weight is 398 g/mol. The van der Waals surface area contributed by atoms with Gasteiger partial charge < -0.3 is 14.5 Å². The molecule has 2 fully saturated rings. The number of carbonyl (C=O) groups excluding carboxylic acids is 2. The van der Waals surface area contributed by atoms with Gasteiger partial charge in [0.1, 0.15) is 5.60 Å². The van der Waals surface area contributed by atoms with Gasteiger partial charge in [0, 0.05) is 32.1 Å². The SMILES string of the molecule is CC(C)(C)OC(=O)N1CCN(C(=O)C2CC2c2ccc(C(F)(F)F)cc2)CC1. The van der Waals surface area contributed by atoms with Crippen LogP contribution in [0.25, 0.3) is 0 Å². The number of nitrogens with zero attached hydrogens (tertiary/aromatic N) is 2. The van der Waals surface area contributed by atoms with Crippen molar-refractivity contribution in [2.75, 3.05) is 26.2 Å². The Morgan fingerprint density at radius 3 is 2.00 bits per heavy atom. The second-order valence-corrected chi connectivity index (χ2v) is 8.36. The van der Waals surface area contributed by atoms with Gasteiger partial charge in [0.05, 0.1) is 5.56 Å². The summed E-state index contributed by atoms with van der Waals surface area (Å²) in [6.07, 6.45) is -4.09. The fourth-order valence-corrected chi connectivity index (χ4v) is 3.43. The normalized spacial score (nSPS) is 22.8. The van der Waals surface area contributed by atoms with E-state index in [0.717, 1.165) is 17.7 Å². The molecule has 1 heterocycles. The summed E-state index contributed by atoms with van der Waals surface area (Å²) in [7, 11) is 0. The molecule has 1 aromatic carbocycles. The lowest BCUT2D eigenvalue weighted by Crippen LogP contribution is -2.52. The van der Waals surface area contributed by atoms with E-state index in [4.69, 9.17) is 4.74 Å². The lowest BCUT2D eigenvalue weighted by Gasteiger charge is -2.35. The van der Waals surface area contributed by atoms with Crippen molar-refractivity contribution in [2.45, 2.75) is 44.9 Å². The zero-order chi connectivity index (χ0) is 20.7. The first kappa shape index (κ1) is 20.5. The number of ether oxygens (including phenoxy) is 1. The number of hydrogen-bond donors (Lipinski definition) is 0. The quantitative estimate of drug-likeness (QED) is 0.760. The van der Waals surface area contributed by atoms with Gasteiger partial charge in [-0.3, -0.25) is 4.79 Å². The fourth-order valence-electron chi connectivity index (χ4n) is 3.43. The summed E-state index contributed by atoms with van der Waals surface area (Å²) in [5, 5.41) is 0. The fraction of sp³-hybridized carbons (Fsp3) is 0.600. The second-order valence-electron chi connectivity index (χ2n) is 8.36. The Morgan fingerprint density at radius 2 is 1.50 bits per heavy atom. The number of halogens is 3. The molecule has 3 rings (SSSR count). The molecule has 1 aliphatic carbocycles.